The number of nitrogens with zero attached hydrogens (tertiary/aromatic N) is 2. The van der Waals surface area contributed by atoms with Crippen molar-refractivity contribution in [3.63, 3.8) is 0 Å². The largest absolute Gasteiger partial charge is 0.484 e. The SMILES string of the molecule is CC(OS(C)(=O)=O)=C(C(=O)OCc1ccc([N+](=O)[O-])cc1)N1C(=O)[C@@H](NC(=O)COc2ccccc2)[C@H]1SS(=O)(=O)c1ccccc1C. The number of nitrogens with one attached hydrogen (secondary N) is 1. The average molecular weight is 720 g/mol. The smallest absolute Gasteiger partial charge is 0.359 e. The molecule has 1 saturated heterocycles. The summed E-state index contributed by atoms with van der Waals surface area (Å²) in [4.78, 5) is 50.9. The van der Waals surface area contributed by atoms with Gasteiger partial charge in [-0.1, -0.05) is 36.4 Å². The molecule has 3 aromatic carbocycles. The van der Waals surface area contributed by atoms with Gasteiger partial charge in [0.25, 0.3) is 17.5 Å². The minimum atomic E-state index is -4.27. The Labute approximate surface area is 279 Å². The van der Waals surface area contributed by atoms with Gasteiger partial charge in [0.15, 0.2) is 12.3 Å². The number of likely N-dealkylation sites (tertiary alicyclic amines) is 1. The Morgan fingerprint density at radius 2 is 1.60 bits per heavy atom. The van der Waals surface area contributed by atoms with E-state index in [2.05, 4.69) is 5.32 Å². The number of para-hydroxylation sites is 1. The van der Waals surface area contributed by atoms with Crippen LogP contribution in [-0.2, 0) is 48.9 Å². The summed E-state index contributed by atoms with van der Waals surface area (Å²) >= 11 is 0. The molecule has 0 saturated carbocycles. The zero-order chi connectivity index (χ0) is 35.2. The van der Waals surface area contributed by atoms with Gasteiger partial charge in [0.05, 0.1) is 16.1 Å². The molecule has 1 fully saturated rings. The van der Waals surface area contributed by atoms with Gasteiger partial charge in [-0.05, 0) is 55.3 Å². The molecule has 2 amide bonds. The second-order valence-electron chi connectivity index (χ2n) is 10.3. The van der Waals surface area contributed by atoms with E-state index in [1.54, 1.807) is 49.4 Å². The third kappa shape index (κ3) is 8.90. The lowest BCUT2D eigenvalue weighted by atomic mass is 10.1. The zero-order valence-corrected chi connectivity index (χ0v) is 28.0. The Hall–Kier alpha value is -4.94. The number of non-ortho nitro benzene ring substituents is 1. The normalized spacial score (nSPS) is 16.6. The van der Waals surface area contributed by atoms with Gasteiger partial charge in [-0.15, -0.1) is 0 Å². The van der Waals surface area contributed by atoms with Crippen LogP contribution in [0.5, 0.6) is 5.75 Å². The number of allylic oxidation sites excluding steroid dienone is 1. The highest BCUT2D eigenvalue weighted by molar-refractivity contribution is 8.72. The molecule has 3 aromatic rings. The standard InChI is InChI=1S/C30H29N3O12S3/c1-19-9-7-8-12-24(19)48(41,42)46-29-26(31-25(34)18-43-23-10-5-4-6-11-23)28(35)32(29)27(20(2)45-47(3,39)40)30(36)44-17-21-13-15-22(16-14-21)33(37)38/h4-16,26,29H,17-18H2,1-3H3,(H,31,34)/t26-,29-/m1/s1. The van der Waals surface area contributed by atoms with E-state index in [0.717, 1.165) is 6.92 Å². The lowest BCUT2D eigenvalue weighted by Crippen LogP contribution is -2.70. The molecular weight excluding hydrogens is 691 g/mol. The second kappa shape index (κ2) is 14.9. The van der Waals surface area contributed by atoms with Crippen molar-refractivity contribution in [1.29, 1.82) is 0 Å². The molecule has 1 heterocycles. The number of nitro benzene ring substituents is 1. The van der Waals surface area contributed by atoms with E-state index in [9.17, 15) is 41.3 Å². The monoisotopic (exact) mass is 719 g/mol. The number of hydrogen-bond donors (Lipinski definition) is 1. The van der Waals surface area contributed by atoms with Crippen molar-refractivity contribution in [3.05, 3.63) is 112 Å². The fourth-order valence-corrected chi connectivity index (χ4v) is 8.88. The molecule has 1 aliphatic heterocycles. The van der Waals surface area contributed by atoms with E-state index in [-0.39, 0.29) is 21.4 Å². The van der Waals surface area contributed by atoms with Crippen LogP contribution in [0.2, 0.25) is 0 Å². The second-order valence-corrected chi connectivity index (χ2v) is 15.7. The molecule has 15 nitrogen and oxygen atoms in total. The third-order valence-corrected chi connectivity index (χ3v) is 11.0. The summed E-state index contributed by atoms with van der Waals surface area (Å²) in [5.74, 6) is -3.29. The topological polar surface area (TPSA) is 206 Å². The number of carbonyl (C=O) groups is 3. The first-order chi connectivity index (χ1) is 22.6. The van der Waals surface area contributed by atoms with Crippen LogP contribution in [0.4, 0.5) is 5.69 Å². The molecule has 1 N–H and O–H groups in total. The minimum absolute atomic E-state index is 0.0952. The van der Waals surface area contributed by atoms with E-state index >= 15 is 0 Å². The molecule has 4 rings (SSSR count). The van der Waals surface area contributed by atoms with Gasteiger partial charge < -0.3 is 19.0 Å². The summed E-state index contributed by atoms with van der Waals surface area (Å²) in [7, 11) is -8.29. The Bertz CT molecular complexity index is 1970. The molecule has 18 heteroatoms. The summed E-state index contributed by atoms with van der Waals surface area (Å²) in [6.07, 6.45) is 0.693. The zero-order valence-electron chi connectivity index (χ0n) is 25.6. The molecule has 0 unspecified atom stereocenters. The maximum atomic E-state index is 13.6. The van der Waals surface area contributed by atoms with Crippen LogP contribution in [-0.4, -0.2) is 68.7 Å². The highest BCUT2D eigenvalue weighted by Gasteiger charge is 2.55. The molecule has 0 aliphatic carbocycles. The highest BCUT2D eigenvalue weighted by atomic mass is 33.1. The van der Waals surface area contributed by atoms with E-state index in [1.165, 1.54) is 36.4 Å². The maximum absolute atomic E-state index is 13.6. The van der Waals surface area contributed by atoms with Crippen LogP contribution >= 0.6 is 10.8 Å². The van der Waals surface area contributed by atoms with Crippen molar-refractivity contribution >= 4 is 53.3 Å². The van der Waals surface area contributed by atoms with Crippen molar-refractivity contribution in [2.75, 3.05) is 12.9 Å². The molecule has 48 heavy (non-hydrogen) atoms. The van der Waals surface area contributed by atoms with Crippen LogP contribution in [0, 0.1) is 17.0 Å². The van der Waals surface area contributed by atoms with Crippen molar-refractivity contribution in [3.8, 4) is 5.75 Å². The molecule has 0 aromatic heterocycles. The number of esters is 1. The lowest BCUT2D eigenvalue weighted by Gasteiger charge is -2.46. The van der Waals surface area contributed by atoms with Crippen molar-refractivity contribution in [1.82, 2.24) is 10.2 Å². The van der Waals surface area contributed by atoms with Gasteiger partial charge in [0.2, 0.25) is 8.87 Å². The number of β-lactam (4-membered cyclic amide) rings is 1. The molecule has 2 atom stereocenters. The average Bonchev–Trinajstić information content (AvgIpc) is 3.03. The van der Waals surface area contributed by atoms with Crippen LogP contribution in [0.3, 0.4) is 0 Å². The fourth-order valence-electron chi connectivity index (χ4n) is 4.44. The van der Waals surface area contributed by atoms with Crippen LogP contribution in [0.1, 0.15) is 18.1 Å². The third-order valence-electron chi connectivity index (χ3n) is 6.62. The molecule has 0 spiro atoms. The van der Waals surface area contributed by atoms with E-state index < -0.39 is 77.8 Å². The Balaban J connectivity index is 1.67. The summed E-state index contributed by atoms with van der Waals surface area (Å²) in [6, 6.07) is 17.8. The number of ether oxygens (including phenoxy) is 2. The van der Waals surface area contributed by atoms with E-state index in [4.69, 9.17) is 13.7 Å². The number of benzene rings is 3. The molecule has 254 valence electrons. The quantitative estimate of drug-likeness (QED) is 0.0372. The van der Waals surface area contributed by atoms with Crippen LogP contribution in [0.25, 0.3) is 0 Å². The predicted octanol–water partition coefficient (Wildman–Crippen LogP) is 3.01. The van der Waals surface area contributed by atoms with Gasteiger partial charge >= 0.3 is 16.1 Å². The minimum Gasteiger partial charge on any atom is -0.484 e. The highest BCUT2D eigenvalue weighted by Crippen LogP contribution is 2.41. The Morgan fingerprint density at radius 1 is 0.979 bits per heavy atom. The lowest BCUT2D eigenvalue weighted by molar-refractivity contribution is -0.384. The van der Waals surface area contributed by atoms with Gasteiger partial charge in [0.1, 0.15) is 29.5 Å². The molecular formula is C30H29N3O12S3. The van der Waals surface area contributed by atoms with Gasteiger partial charge in [-0.3, -0.25) is 24.6 Å². The summed E-state index contributed by atoms with van der Waals surface area (Å²) in [6.45, 7) is 1.62. The number of hydrogen-bond acceptors (Lipinski definition) is 13. The summed E-state index contributed by atoms with van der Waals surface area (Å²) in [5, 5.41) is 11.9. The Kier molecular flexibility index (Phi) is 11.1. The number of aryl methyl sites for hydroxylation is 1. The van der Waals surface area contributed by atoms with E-state index in [0.29, 0.717) is 28.0 Å². The van der Waals surface area contributed by atoms with Crippen LogP contribution < -0.4 is 10.1 Å². The number of carbonyl (C=O) groups excluding carboxylic acids is 3. The number of amides is 2. The summed E-state index contributed by atoms with van der Waals surface area (Å²) < 4.78 is 67.0. The molecule has 0 radical (unpaired) electrons. The first kappa shape index (κ1) is 35.9. The van der Waals surface area contributed by atoms with Crippen molar-refractivity contribution in [2.45, 2.75) is 36.8 Å². The molecule has 1 aliphatic rings. The van der Waals surface area contributed by atoms with E-state index in [1.807, 2.05) is 0 Å². The summed E-state index contributed by atoms with van der Waals surface area (Å²) in [5.41, 5.74) is -0.266. The van der Waals surface area contributed by atoms with Gasteiger partial charge in [-0.2, -0.15) is 8.42 Å². The van der Waals surface area contributed by atoms with Crippen molar-refractivity contribution < 1.29 is 49.8 Å². The van der Waals surface area contributed by atoms with Crippen LogP contribution in [0.15, 0.2) is 95.2 Å². The van der Waals surface area contributed by atoms with Gasteiger partial charge in [-0.25, -0.2) is 13.2 Å². The van der Waals surface area contributed by atoms with Gasteiger partial charge in [0, 0.05) is 22.9 Å². The first-order valence-electron chi connectivity index (χ1n) is 13.9. The maximum Gasteiger partial charge on any atom is 0.359 e. The molecule has 0 bridgehead atoms. The Morgan fingerprint density at radius 3 is 2.21 bits per heavy atom. The predicted molar refractivity (Wildman–Crippen MR) is 172 cm³/mol. The number of nitro groups is 1. The first-order valence-corrected chi connectivity index (χ1v) is 18.6. The fraction of sp³-hybridized carbons (Fsp3) is 0.233. The van der Waals surface area contributed by atoms with Crippen molar-refractivity contribution in [2.24, 2.45) is 0 Å². The number of rotatable bonds is 14.